The lowest BCUT2D eigenvalue weighted by atomic mass is 10.0. The van der Waals surface area contributed by atoms with Gasteiger partial charge in [0, 0.05) is 0 Å². The third-order valence-electron chi connectivity index (χ3n) is 3.61. The van der Waals surface area contributed by atoms with Crippen molar-refractivity contribution in [3.8, 4) is 0 Å². The van der Waals surface area contributed by atoms with Crippen molar-refractivity contribution in [2.24, 2.45) is 0 Å². The molecule has 2 nitrogen and oxygen atoms in total. The summed E-state index contributed by atoms with van der Waals surface area (Å²) < 4.78 is 0. The molecule has 0 bridgehead atoms. The van der Waals surface area contributed by atoms with Gasteiger partial charge >= 0.3 is 0 Å². The van der Waals surface area contributed by atoms with Gasteiger partial charge in [0.05, 0.1) is 11.4 Å². The van der Waals surface area contributed by atoms with Gasteiger partial charge in [0.2, 0.25) is 0 Å². The zero-order valence-corrected chi connectivity index (χ0v) is 12.2. The SMILES string of the molecule is Nc1ccccc1N.c1ccc2cc3ccccc3cc2c1. The zero-order valence-electron chi connectivity index (χ0n) is 12.2. The number of nitrogen functional groups attached to an aromatic ring is 2. The average molecular weight is 286 g/mol. The fraction of sp³-hybridized carbons (Fsp3) is 0. The summed E-state index contributed by atoms with van der Waals surface area (Å²) in [6.45, 7) is 0. The highest BCUT2D eigenvalue weighted by Gasteiger charge is 1.95. The minimum atomic E-state index is 0.646. The minimum absolute atomic E-state index is 0.646. The number of fused-ring (bicyclic) bond motifs is 2. The van der Waals surface area contributed by atoms with Crippen LogP contribution in [0.15, 0.2) is 84.9 Å². The molecular weight excluding hydrogens is 268 g/mol. The average Bonchev–Trinajstić information content (AvgIpc) is 2.56. The maximum Gasteiger partial charge on any atom is 0.0547 e. The molecule has 0 saturated carbocycles. The summed E-state index contributed by atoms with van der Waals surface area (Å²) >= 11 is 0. The molecule has 4 aromatic rings. The maximum absolute atomic E-state index is 5.39. The Morgan fingerprint density at radius 2 is 0.682 bits per heavy atom. The molecule has 0 atom stereocenters. The highest BCUT2D eigenvalue weighted by molar-refractivity contribution is 5.98. The van der Waals surface area contributed by atoms with Crippen molar-refractivity contribution in [3.63, 3.8) is 0 Å². The van der Waals surface area contributed by atoms with E-state index in [0.717, 1.165) is 0 Å². The van der Waals surface area contributed by atoms with Crippen molar-refractivity contribution in [3.05, 3.63) is 84.9 Å². The summed E-state index contributed by atoms with van der Waals surface area (Å²) in [7, 11) is 0. The molecular formula is C20H18N2. The van der Waals surface area contributed by atoms with E-state index in [1.807, 2.05) is 12.1 Å². The van der Waals surface area contributed by atoms with E-state index in [0.29, 0.717) is 11.4 Å². The molecule has 108 valence electrons. The third-order valence-corrected chi connectivity index (χ3v) is 3.61. The first kappa shape index (κ1) is 14.0. The van der Waals surface area contributed by atoms with Gasteiger partial charge in [-0.25, -0.2) is 0 Å². The fourth-order valence-corrected chi connectivity index (χ4v) is 2.39. The maximum atomic E-state index is 5.39. The second-order valence-electron chi connectivity index (χ2n) is 5.18. The molecule has 4 rings (SSSR count). The predicted octanol–water partition coefficient (Wildman–Crippen LogP) is 4.84. The molecule has 4 aromatic carbocycles. The van der Waals surface area contributed by atoms with Crippen molar-refractivity contribution >= 4 is 32.9 Å². The van der Waals surface area contributed by atoms with Crippen molar-refractivity contribution in [2.75, 3.05) is 11.5 Å². The van der Waals surface area contributed by atoms with Crippen molar-refractivity contribution in [1.82, 2.24) is 0 Å². The fourth-order valence-electron chi connectivity index (χ4n) is 2.39. The summed E-state index contributed by atoms with van der Waals surface area (Å²) in [5.74, 6) is 0. The summed E-state index contributed by atoms with van der Waals surface area (Å²) in [5.41, 5.74) is 12.1. The second kappa shape index (κ2) is 6.19. The van der Waals surface area contributed by atoms with Crippen LogP contribution in [0.5, 0.6) is 0 Å². The predicted molar refractivity (Wildman–Crippen MR) is 96.7 cm³/mol. The molecule has 0 unspecified atom stereocenters. The molecule has 0 aromatic heterocycles. The van der Waals surface area contributed by atoms with Crippen LogP contribution in [0.4, 0.5) is 11.4 Å². The standard InChI is InChI=1S/C14H10.C6H8N2/c1-2-6-12-10-14-8-4-3-7-13(14)9-11(12)5-1;7-5-3-1-2-4-6(5)8/h1-10H;1-4H,7-8H2. The van der Waals surface area contributed by atoms with Gasteiger partial charge in [0.1, 0.15) is 0 Å². The van der Waals surface area contributed by atoms with E-state index in [-0.39, 0.29) is 0 Å². The van der Waals surface area contributed by atoms with E-state index in [1.54, 1.807) is 12.1 Å². The Kier molecular flexibility index (Phi) is 3.92. The number of para-hydroxylation sites is 2. The van der Waals surface area contributed by atoms with Crippen LogP contribution in [0.1, 0.15) is 0 Å². The molecule has 22 heavy (non-hydrogen) atoms. The smallest absolute Gasteiger partial charge is 0.0547 e. The van der Waals surface area contributed by atoms with Crippen LogP contribution in [-0.4, -0.2) is 0 Å². The summed E-state index contributed by atoms with van der Waals surface area (Å²) in [6.07, 6.45) is 0. The van der Waals surface area contributed by atoms with E-state index in [1.165, 1.54) is 21.5 Å². The highest BCUT2D eigenvalue weighted by Crippen LogP contribution is 2.22. The summed E-state index contributed by atoms with van der Waals surface area (Å²) in [6, 6.07) is 28.7. The molecule has 4 N–H and O–H groups in total. The molecule has 0 spiro atoms. The summed E-state index contributed by atoms with van der Waals surface area (Å²) in [5, 5.41) is 5.25. The van der Waals surface area contributed by atoms with Crippen molar-refractivity contribution in [1.29, 1.82) is 0 Å². The Hall–Kier alpha value is -3.00. The van der Waals surface area contributed by atoms with E-state index >= 15 is 0 Å². The molecule has 0 aliphatic heterocycles. The lowest BCUT2D eigenvalue weighted by Gasteiger charge is -2.00. The van der Waals surface area contributed by atoms with Gasteiger partial charge in [-0.2, -0.15) is 0 Å². The minimum Gasteiger partial charge on any atom is -0.397 e. The molecule has 0 aliphatic carbocycles. The first-order valence-electron chi connectivity index (χ1n) is 7.21. The lowest BCUT2D eigenvalue weighted by Crippen LogP contribution is -1.91. The highest BCUT2D eigenvalue weighted by atomic mass is 14.7. The molecule has 2 heteroatoms. The Balaban J connectivity index is 0.000000154. The van der Waals surface area contributed by atoms with Crippen LogP contribution >= 0.6 is 0 Å². The number of nitrogens with two attached hydrogens (primary N) is 2. The van der Waals surface area contributed by atoms with E-state index in [2.05, 4.69) is 60.7 Å². The molecule has 0 aliphatic rings. The Labute approximate surface area is 130 Å². The number of hydrogen-bond donors (Lipinski definition) is 2. The van der Waals surface area contributed by atoms with Crippen molar-refractivity contribution in [2.45, 2.75) is 0 Å². The van der Waals surface area contributed by atoms with Crippen LogP contribution in [0, 0.1) is 0 Å². The van der Waals surface area contributed by atoms with E-state index < -0.39 is 0 Å². The van der Waals surface area contributed by atoms with Gasteiger partial charge in [0.15, 0.2) is 0 Å². The van der Waals surface area contributed by atoms with Crippen molar-refractivity contribution < 1.29 is 0 Å². The normalized spacial score (nSPS) is 10.2. The second-order valence-corrected chi connectivity index (χ2v) is 5.18. The topological polar surface area (TPSA) is 52.0 Å². The number of hydrogen-bond acceptors (Lipinski definition) is 2. The van der Waals surface area contributed by atoms with Gasteiger partial charge in [-0.3, -0.25) is 0 Å². The Bertz CT molecular complexity index is 787. The van der Waals surface area contributed by atoms with Crippen LogP contribution in [0.3, 0.4) is 0 Å². The molecule has 0 fully saturated rings. The number of rotatable bonds is 0. The molecule has 0 heterocycles. The van der Waals surface area contributed by atoms with Gasteiger partial charge in [0.25, 0.3) is 0 Å². The van der Waals surface area contributed by atoms with Crippen LogP contribution in [0.25, 0.3) is 21.5 Å². The van der Waals surface area contributed by atoms with Crippen LogP contribution in [0.2, 0.25) is 0 Å². The number of anilines is 2. The monoisotopic (exact) mass is 286 g/mol. The van der Waals surface area contributed by atoms with Gasteiger partial charge in [-0.05, 0) is 45.8 Å². The molecule has 0 saturated heterocycles. The molecule has 0 amide bonds. The van der Waals surface area contributed by atoms with Gasteiger partial charge in [-0.1, -0.05) is 60.7 Å². The Morgan fingerprint density at radius 3 is 0.955 bits per heavy atom. The first-order chi connectivity index (χ1) is 10.7. The lowest BCUT2D eigenvalue weighted by molar-refractivity contribution is 1.67. The van der Waals surface area contributed by atoms with Gasteiger partial charge in [-0.15, -0.1) is 0 Å². The number of benzene rings is 4. The Morgan fingerprint density at radius 1 is 0.409 bits per heavy atom. The third kappa shape index (κ3) is 3.01. The van der Waals surface area contributed by atoms with Crippen LogP contribution < -0.4 is 11.5 Å². The largest absolute Gasteiger partial charge is 0.397 e. The zero-order chi connectivity index (χ0) is 15.4. The quantitative estimate of drug-likeness (QED) is 0.359. The van der Waals surface area contributed by atoms with E-state index in [4.69, 9.17) is 11.5 Å². The molecule has 0 radical (unpaired) electrons. The van der Waals surface area contributed by atoms with E-state index in [9.17, 15) is 0 Å². The summed E-state index contributed by atoms with van der Waals surface area (Å²) in [4.78, 5) is 0. The first-order valence-corrected chi connectivity index (χ1v) is 7.21. The van der Waals surface area contributed by atoms with Crippen LogP contribution in [-0.2, 0) is 0 Å². The van der Waals surface area contributed by atoms with Gasteiger partial charge < -0.3 is 11.5 Å².